The maximum absolute atomic E-state index is 13.6. The Bertz CT molecular complexity index is 1370. The van der Waals surface area contributed by atoms with Gasteiger partial charge in [-0.3, -0.25) is 9.69 Å². The molecule has 1 aliphatic rings. The number of rotatable bonds is 4. The number of aliphatic imine (C=N–C) groups is 1. The lowest BCUT2D eigenvalue weighted by Gasteiger charge is -2.19. The van der Waals surface area contributed by atoms with Gasteiger partial charge >= 0.3 is 0 Å². The van der Waals surface area contributed by atoms with Crippen LogP contribution in [0.2, 0.25) is 0 Å². The molecule has 4 nitrogen and oxygen atoms in total. The molecule has 0 N–H and O–H groups in total. The number of hydrogen-bond acceptors (Lipinski definition) is 3. The van der Waals surface area contributed by atoms with Gasteiger partial charge in [-0.05, 0) is 58.8 Å². The van der Waals surface area contributed by atoms with Crippen molar-refractivity contribution in [3.63, 3.8) is 0 Å². The molecule has 0 radical (unpaired) electrons. The molecule has 0 saturated heterocycles. The molecule has 156 valence electrons. The van der Waals surface area contributed by atoms with E-state index in [4.69, 9.17) is 9.73 Å². The molecule has 0 saturated carbocycles. The van der Waals surface area contributed by atoms with E-state index in [0.29, 0.717) is 11.5 Å². The van der Waals surface area contributed by atoms with E-state index < -0.39 is 0 Å². The van der Waals surface area contributed by atoms with Crippen LogP contribution >= 0.6 is 15.9 Å². The van der Waals surface area contributed by atoms with Crippen molar-refractivity contribution in [1.29, 1.82) is 0 Å². The maximum Gasteiger partial charge on any atom is 0.282 e. The molecule has 32 heavy (non-hydrogen) atoms. The highest BCUT2D eigenvalue weighted by Gasteiger charge is 2.32. The van der Waals surface area contributed by atoms with E-state index in [1.807, 2.05) is 78.9 Å². The zero-order valence-corrected chi connectivity index (χ0v) is 18.9. The molecule has 0 unspecified atom stereocenters. The van der Waals surface area contributed by atoms with E-state index in [1.165, 1.54) is 0 Å². The molecule has 0 atom stereocenters. The van der Waals surface area contributed by atoms with Gasteiger partial charge in [0, 0.05) is 10.0 Å². The molecule has 0 aliphatic carbocycles. The summed E-state index contributed by atoms with van der Waals surface area (Å²) in [5.41, 5.74) is 2.95. The second-order valence-corrected chi connectivity index (χ2v) is 8.29. The third-order valence-corrected chi connectivity index (χ3v) is 5.94. The molecule has 0 bridgehead atoms. The smallest absolute Gasteiger partial charge is 0.282 e. The van der Waals surface area contributed by atoms with Crippen molar-refractivity contribution in [2.24, 2.45) is 4.99 Å². The SMILES string of the molecule is COc1ccc(N2C(=O)/C(=C\c3cccc4ccccc34)N=C2c2ccc(Br)cc2)cc1. The molecule has 4 aromatic carbocycles. The standard InChI is InChI=1S/C27H19BrN2O2/c1-32-23-15-13-22(14-16-23)30-26(19-9-11-21(28)12-10-19)29-25(27(30)31)17-20-7-4-6-18-5-2-3-8-24(18)20/h2-17H,1H3/b25-17+. The lowest BCUT2D eigenvalue weighted by molar-refractivity contribution is -0.113. The normalized spacial score (nSPS) is 14.8. The quantitative estimate of drug-likeness (QED) is 0.313. The summed E-state index contributed by atoms with van der Waals surface area (Å²) in [6, 6.07) is 29.4. The van der Waals surface area contributed by atoms with E-state index in [9.17, 15) is 4.79 Å². The lowest BCUT2D eigenvalue weighted by atomic mass is 10.0. The molecule has 1 amide bonds. The number of nitrogens with zero attached hydrogens (tertiary/aromatic N) is 2. The van der Waals surface area contributed by atoms with Crippen molar-refractivity contribution in [2.45, 2.75) is 0 Å². The minimum absolute atomic E-state index is 0.166. The summed E-state index contributed by atoms with van der Waals surface area (Å²) in [6.45, 7) is 0. The third kappa shape index (κ3) is 3.72. The fourth-order valence-corrected chi connectivity index (χ4v) is 4.07. The largest absolute Gasteiger partial charge is 0.497 e. The Hall–Kier alpha value is -3.70. The van der Waals surface area contributed by atoms with E-state index in [2.05, 4.69) is 34.1 Å². The van der Waals surface area contributed by atoms with Gasteiger partial charge in [-0.1, -0.05) is 70.5 Å². The first kappa shape index (κ1) is 20.2. The first-order valence-electron chi connectivity index (χ1n) is 10.2. The van der Waals surface area contributed by atoms with Gasteiger partial charge in [0.05, 0.1) is 12.8 Å². The predicted molar refractivity (Wildman–Crippen MR) is 133 cm³/mol. The number of hydrogen-bond donors (Lipinski definition) is 0. The second kappa shape index (κ2) is 8.44. The summed E-state index contributed by atoms with van der Waals surface area (Å²) in [6.07, 6.45) is 1.87. The zero-order valence-electron chi connectivity index (χ0n) is 17.3. The molecule has 0 spiro atoms. The highest BCUT2D eigenvalue weighted by atomic mass is 79.9. The van der Waals surface area contributed by atoms with Gasteiger partial charge < -0.3 is 4.74 Å². The molecule has 5 heteroatoms. The number of ether oxygens (including phenoxy) is 1. The van der Waals surface area contributed by atoms with E-state index >= 15 is 0 Å². The minimum atomic E-state index is -0.166. The number of anilines is 1. The van der Waals surface area contributed by atoms with Crippen LogP contribution in [-0.2, 0) is 4.79 Å². The molecule has 1 aliphatic heterocycles. The molecule has 5 rings (SSSR count). The van der Waals surface area contributed by atoms with Crippen LogP contribution in [0.4, 0.5) is 5.69 Å². The van der Waals surface area contributed by atoms with Crippen molar-refractivity contribution >= 4 is 50.2 Å². The Morgan fingerprint density at radius 3 is 2.34 bits per heavy atom. The van der Waals surface area contributed by atoms with Gasteiger partial charge in [-0.25, -0.2) is 4.99 Å². The average molecular weight is 483 g/mol. The number of fused-ring (bicyclic) bond motifs is 1. The van der Waals surface area contributed by atoms with Crippen molar-refractivity contribution in [2.75, 3.05) is 12.0 Å². The predicted octanol–water partition coefficient (Wildman–Crippen LogP) is 6.45. The van der Waals surface area contributed by atoms with Crippen LogP contribution in [0.5, 0.6) is 5.75 Å². The van der Waals surface area contributed by atoms with Crippen LogP contribution in [-0.4, -0.2) is 18.9 Å². The minimum Gasteiger partial charge on any atom is -0.497 e. The number of halogens is 1. The first-order chi connectivity index (χ1) is 15.6. The summed E-state index contributed by atoms with van der Waals surface area (Å²) >= 11 is 3.48. The van der Waals surface area contributed by atoms with Crippen molar-refractivity contribution in [1.82, 2.24) is 0 Å². The molecule has 0 fully saturated rings. The number of amidine groups is 1. The van der Waals surface area contributed by atoms with E-state index in [-0.39, 0.29) is 5.91 Å². The van der Waals surface area contributed by atoms with E-state index in [1.54, 1.807) is 12.0 Å². The van der Waals surface area contributed by atoms with Crippen molar-refractivity contribution in [3.05, 3.63) is 112 Å². The van der Waals surface area contributed by atoms with Gasteiger partial charge in [0.25, 0.3) is 5.91 Å². The van der Waals surface area contributed by atoms with Crippen LogP contribution in [0.25, 0.3) is 16.8 Å². The summed E-state index contributed by atoms with van der Waals surface area (Å²) in [5, 5.41) is 2.20. The van der Waals surface area contributed by atoms with Crippen molar-refractivity contribution in [3.8, 4) is 5.75 Å². The summed E-state index contributed by atoms with van der Waals surface area (Å²) < 4.78 is 6.24. The van der Waals surface area contributed by atoms with Crippen molar-refractivity contribution < 1.29 is 9.53 Å². The molecule has 4 aromatic rings. The fraction of sp³-hybridized carbons (Fsp3) is 0.0370. The van der Waals surface area contributed by atoms with Gasteiger partial charge in [-0.2, -0.15) is 0 Å². The fourth-order valence-electron chi connectivity index (χ4n) is 3.80. The molecule has 1 heterocycles. The summed E-state index contributed by atoms with van der Waals surface area (Å²) in [5.74, 6) is 1.16. The Morgan fingerprint density at radius 1 is 0.875 bits per heavy atom. The van der Waals surface area contributed by atoms with Crippen LogP contribution in [0, 0.1) is 0 Å². The zero-order chi connectivity index (χ0) is 22.1. The number of amides is 1. The Kier molecular flexibility index (Phi) is 5.33. The van der Waals surface area contributed by atoms with Gasteiger partial charge in [0.2, 0.25) is 0 Å². The highest BCUT2D eigenvalue weighted by Crippen LogP contribution is 2.30. The van der Waals surface area contributed by atoms with Crippen LogP contribution in [0.15, 0.2) is 106 Å². The highest BCUT2D eigenvalue weighted by molar-refractivity contribution is 9.10. The van der Waals surface area contributed by atoms with Gasteiger partial charge in [0.1, 0.15) is 17.3 Å². The number of carbonyl (C=O) groups is 1. The second-order valence-electron chi connectivity index (χ2n) is 7.38. The van der Waals surface area contributed by atoms with Gasteiger partial charge in [0.15, 0.2) is 0 Å². The first-order valence-corrected chi connectivity index (χ1v) is 11.0. The maximum atomic E-state index is 13.6. The van der Waals surface area contributed by atoms with Crippen LogP contribution < -0.4 is 9.64 Å². The Morgan fingerprint density at radius 2 is 1.59 bits per heavy atom. The van der Waals surface area contributed by atoms with Crippen LogP contribution in [0.3, 0.4) is 0 Å². The Labute approximate surface area is 194 Å². The number of methoxy groups -OCH3 is 1. The molecular weight excluding hydrogens is 464 g/mol. The summed E-state index contributed by atoms with van der Waals surface area (Å²) in [7, 11) is 1.62. The lowest BCUT2D eigenvalue weighted by Crippen LogP contribution is -2.32. The van der Waals surface area contributed by atoms with Gasteiger partial charge in [-0.15, -0.1) is 0 Å². The van der Waals surface area contributed by atoms with Crippen LogP contribution in [0.1, 0.15) is 11.1 Å². The third-order valence-electron chi connectivity index (χ3n) is 5.41. The topological polar surface area (TPSA) is 41.9 Å². The Balaban J connectivity index is 1.64. The average Bonchev–Trinajstić information content (AvgIpc) is 3.15. The number of benzene rings is 4. The molecular formula is C27H19BrN2O2. The summed E-state index contributed by atoms with van der Waals surface area (Å²) in [4.78, 5) is 20.0. The molecule has 0 aromatic heterocycles. The van der Waals surface area contributed by atoms with E-state index in [0.717, 1.165) is 37.8 Å². The monoisotopic (exact) mass is 482 g/mol. The number of carbonyl (C=O) groups excluding carboxylic acids is 1.